The van der Waals surface area contributed by atoms with Crippen LogP contribution in [-0.2, 0) is 6.42 Å². The number of hydrogen-bond donors (Lipinski definition) is 0. The zero-order chi connectivity index (χ0) is 17.4. The van der Waals surface area contributed by atoms with Gasteiger partial charge in [0.25, 0.3) is 5.91 Å². The molecule has 4 nitrogen and oxygen atoms in total. The lowest BCUT2D eigenvalue weighted by molar-refractivity contribution is 0.0832. The van der Waals surface area contributed by atoms with Gasteiger partial charge in [-0.05, 0) is 52.2 Å². The Morgan fingerprint density at radius 1 is 1.12 bits per heavy atom. The average Bonchev–Trinajstić information content (AvgIpc) is 2.85. The van der Waals surface area contributed by atoms with Gasteiger partial charge < -0.3 is 14.4 Å². The van der Waals surface area contributed by atoms with Crippen molar-refractivity contribution in [1.82, 2.24) is 4.90 Å². The number of amides is 1. The van der Waals surface area contributed by atoms with Crippen LogP contribution in [0.15, 0.2) is 47.4 Å². The van der Waals surface area contributed by atoms with Crippen LogP contribution in [-0.4, -0.2) is 30.6 Å². The number of benzene rings is 2. The third-order valence-electron chi connectivity index (χ3n) is 4.56. The highest BCUT2D eigenvalue weighted by Crippen LogP contribution is 2.39. The van der Waals surface area contributed by atoms with Gasteiger partial charge >= 0.3 is 0 Å². The molecule has 2 aliphatic heterocycles. The van der Waals surface area contributed by atoms with Crippen molar-refractivity contribution >= 4 is 27.5 Å². The summed E-state index contributed by atoms with van der Waals surface area (Å²) in [6, 6.07) is 11.4. The fourth-order valence-corrected chi connectivity index (χ4v) is 3.70. The molecule has 0 bridgehead atoms. The Kier molecular flexibility index (Phi) is 4.25. The van der Waals surface area contributed by atoms with Gasteiger partial charge in [-0.1, -0.05) is 18.7 Å². The van der Waals surface area contributed by atoms with Gasteiger partial charge in [0.05, 0.1) is 18.8 Å². The van der Waals surface area contributed by atoms with E-state index in [1.807, 2.05) is 36.4 Å². The Hall–Kier alpha value is -2.27. The van der Waals surface area contributed by atoms with Crippen molar-refractivity contribution in [2.24, 2.45) is 0 Å². The van der Waals surface area contributed by atoms with Gasteiger partial charge in [-0.3, -0.25) is 4.79 Å². The highest BCUT2D eigenvalue weighted by Gasteiger charge is 2.28. The van der Waals surface area contributed by atoms with Crippen molar-refractivity contribution in [3.05, 3.63) is 64.1 Å². The molecule has 0 radical (unpaired) electrons. The largest absolute Gasteiger partial charge is 0.490 e. The quantitative estimate of drug-likeness (QED) is 0.718. The molecule has 0 aliphatic carbocycles. The third-order valence-corrected chi connectivity index (χ3v) is 5.26. The van der Waals surface area contributed by atoms with Crippen molar-refractivity contribution in [2.75, 3.05) is 19.8 Å². The van der Waals surface area contributed by atoms with Gasteiger partial charge in [0.15, 0.2) is 11.5 Å². The molecular formula is C20H18BrNO3. The first-order valence-corrected chi connectivity index (χ1v) is 9.12. The molecule has 0 unspecified atom stereocenters. The van der Waals surface area contributed by atoms with Gasteiger partial charge in [-0.25, -0.2) is 0 Å². The zero-order valence-corrected chi connectivity index (χ0v) is 15.3. The Morgan fingerprint density at radius 3 is 2.60 bits per heavy atom. The molecule has 0 atom stereocenters. The van der Waals surface area contributed by atoms with Gasteiger partial charge in [0.1, 0.15) is 0 Å². The summed E-state index contributed by atoms with van der Waals surface area (Å²) in [4.78, 5) is 14.7. The van der Waals surface area contributed by atoms with E-state index in [1.165, 1.54) is 0 Å². The van der Waals surface area contributed by atoms with Crippen LogP contribution in [0.2, 0.25) is 0 Å². The number of fused-ring (bicyclic) bond motifs is 2. The Bertz CT molecular complexity index is 862. The second kappa shape index (κ2) is 6.56. The summed E-state index contributed by atoms with van der Waals surface area (Å²) in [5.74, 6) is 1.47. The van der Waals surface area contributed by atoms with Gasteiger partial charge in [-0.2, -0.15) is 0 Å². The van der Waals surface area contributed by atoms with Crippen LogP contribution in [0.1, 0.15) is 27.9 Å². The van der Waals surface area contributed by atoms with E-state index in [-0.39, 0.29) is 5.91 Å². The number of halogens is 1. The standard InChI is InChI=1S/C20H18BrNO3/c1-13-16-12-19-18(24-9-4-10-25-19)11-14(16)7-8-22(13)20(23)15-5-2-3-6-17(15)21/h2-3,5-6,11-12H,1,4,7-10H2. The second-order valence-electron chi connectivity index (χ2n) is 6.14. The van der Waals surface area contributed by atoms with Crippen LogP contribution in [0, 0.1) is 0 Å². The minimum atomic E-state index is -0.0461. The second-order valence-corrected chi connectivity index (χ2v) is 6.99. The topological polar surface area (TPSA) is 38.8 Å². The van der Waals surface area contributed by atoms with E-state index in [4.69, 9.17) is 9.47 Å². The number of ether oxygens (including phenoxy) is 2. The van der Waals surface area contributed by atoms with Crippen LogP contribution in [0.5, 0.6) is 11.5 Å². The number of carbonyl (C=O) groups excluding carboxylic acids is 1. The van der Waals surface area contributed by atoms with Crippen LogP contribution >= 0.6 is 15.9 Å². The van der Waals surface area contributed by atoms with E-state index in [0.29, 0.717) is 31.0 Å². The lowest BCUT2D eigenvalue weighted by Crippen LogP contribution is -2.34. The molecule has 0 aromatic heterocycles. The van der Waals surface area contributed by atoms with Crippen LogP contribution in [0.25, 0.3) is 5.70 Å². The van der Waals surface area contributed by atoms with Crippen LogP contribution in [0.3, 0.4) is 0 Å². The smallest absolute Gasteiger partial charge is 0.259 e. The van der Waals surface area contributed by atoms with E-state index < -0.39 is 0 Å². The van der Waals surface area contributed by atoms with Crippen molar-refractivity contribution < 1.29 is 14.3 Å². The SMILES string of the molecule is C=C1c2cc3c(cc2CCN1C(=O)c1ccccc1Br)OCCCO3. The molecule has 128 valence electrons. The predicted octanol–water partition coefficient (Wildman–Crippen LogP) is 4.28. The molecule has 0 spiro atoms. The summed E-state index contributed by atoms with van der Waals surface area (Å²) in [6.07, 6.45) is 1.63. The normalized spacial score (nSPS) is 16.2. The zero-order valence-electron chi connectivity index (χ0n) is 13.8. The summed E-state index contributed by atoms with van der Waals surface area (Å²) in [6.45, 7) is 6.08. The lowest BCUT2D eigenvalue weighted by Gasteiger charge is -2.32. The fraction of sp³-hybridized carbons (Fsp3) is 0.250. The first-order valence-electron chi connectivity index (χ1n) is 8.33. The molecule has 0 N–H and O–H groups in total. The maximum atomic E-state index is 13.0. The first kappa shape index (κ1) is 16.2. The van der Waals surface area contributed by atoms with Crippen molar-refractivity contribution in [1.29, 1.82) is 0 Å². The summed E-state index contributed by atoms with van der Waals surface area (Å²) in [5.41, 5.74) is 3.44. The Balaban J connectivity index is 1.68. The molecule has 5 heteroatoms. The number of hydrogen-bond acceptors (Lipinski definition) is 3. The van der Waals surface area contributed by atoms with Gasteiger partial charge in [0, 0.05) is 28.7 Å². The molecule has 25 heavy (non-hydrogen) atoms. The maximum absolute atomic E-state index is 13.0. The molecule has 2 aromatic rings. The summed E-state index contributed by atoms with van der Waals surface area (Å²) >= 11 is 3.46. The number of carbonyl (C=O) groups is 1. The molecule has 4 rings (SSSR count). The van der Waals surface area contributed by atoms with Gasteiger partial charge in [-0.15, -0.1) is 0 Å². The first-order chi connectivity index (χ1) is 12.1. The van der Waals surface area contributed by atoms with E-state index in [9.17, 15) is 4.79 Å². The van der Waals surface area contributed by atoms with E-state index in [2.05, 4.69) is 22.5 Å². The molecular weight excluding hydrogens is 382 g/mol. The van der Waals surface area contributed by atoms with Gasteiger partial charge in [0.2, 0.25) is 0 Å². The maximum Gasteiger partial charge on any atom is 0.259 e. The molecule has 0 saturated carbocycles. The third kappa shape index (κ3) is 2.93. The molecule has 2 aliphatic rings. The minimum absolute atomic E-state index is 0.0461. The van der Waals surface area contributed by atoms with Crippen molar-refractivity contribution in [3.63, 3.8) is 0 Å². The summed E-state index contributed by atoms with van der Waals surface area (Å²) < 4.78 is 12.3. The van der Waals surface area contributed by atoms with Crippen LogP contribution in [0.4, 0.5) is 0 Å². The van der Waals surface area contributed by atoms with E-state index in [1.54, 1.807) is 4.90 Å². The van der Waals surface area contributed by atoms with Crippen molar-refractivity contribution in [3.8, 4) is 11.5 Å². The lowest BCUT2D eigenvalue weighted by atomic mass is 9.95. The summed E-state index contributed by atoms with van der Waals surface area (Å²) in [7, 11) is 0. The van der Waals surface area contributed by atoms with E-state index >= 15 is 0 Å². The average molecular weight is 400 g/mol. The molecule has 1 amide bonds. The minimum Gasteiger partial charge on any atom is -0.490 e. The highest BCUT2D eigenvalue weighted by molar-refractivity contribution is 9.10. The van der Waals surface area contributed by atoms with E-state index in [0.717, 1.165) is 39.9 Å². The summed E-state index contributed by atoms with van der Waals surface area (Å²) in [5, 5.41) is 0. The predicted molar refractivity (Wildman–Crippen MR) is 100.0 cm³/mol. The molecule has 0 saturated heterocycles. The molecule has 0 fully saturated rings. The Labute approximate surface area is 155 Å². The fourth-order valence-electron chi connectivity index (χ4n) is 3.24. The number of rotatable bonds is 1. The number of nitrogens with zero attached hydrogens (tertiary/aromatic N) is 1. The van der Waals surface area contributed by atoms with Crippen molar-refractivity contribution in [2.45, 2.75) is 12.8 Å². The monoisotopic (exact) mass is 399 g/mol. The van der Waals surface area contributed by atoms with Crippen LogP contribution < -0.4 is 9.47 Å². The highest BCUT2D eigenvalue weighted by atomic mass is 79.9. The Morgan fingerprint density at radius 2 is 1.84 bits per heavy atom. The molecule has 2 heterocycles. The molecule has 2 aromatic carbocycles.